The number of rotatable bonds is 4. The molecule has 2 aliphatic heterocycles. The first-order valence-corrected chi connectivity index (χ1v) is 11.1. The lowest BCUT2D eigenvalue weighted by molar-refractivity contribution is 0.447. The SMILES string of the molecule is NC1CC(N)CN(c2nc(Nc3ccccc3)c3[nH]c(N4CC(N)CC(N)C4)nc3n2)C1. The summed E-state index contributed by atoms with van der Waals surface area (Å²) in [5, 5.41) is 3.40. The van der Waals surface area contributed by atoms with E-state index < -0.39 is 0 Å². The van der Waals surface area contributed by atoms with Gasteiger partial charge in [-0.2, -0.15) is 15.0 Å². The first-order valence-electron chi connectivity index (χ1n) is 11.1. The maximum absolute atomic E-state index is 6.21. The molecule has 2 fully saturated rings. The lowest BCUT2D eigenvalue weighted by atomic mass is 10.0. The molecule has 2 aliphatic rings. The number of hydrogen-bond acceptors (Lipinski definition) is 10. The van der Waals surface area contributed by atoms with Crippen LogP contribution in [0.4, 0.5) is 23.4 Å². The number of aromatic amines is 1. The molecule has 2 saturated heterocycles. The summed E-state index contributed by atoms with van der Waals surface area (Å²) in [7, 11) is 0. The van der Waals surface area contributed by atoms with E-state index in [1.165, 1.54) is 0 Å². The molecule has 0 amide bonds. The lowest BCUT2D eigenvalue weighted by Crippen LogP contribution is -2.52. The largest absolute Gasteiger partial charge is 0.339 e. The first kappa shape index (κ1) is 20.9. The Balaban J connectivity index is 1.55. The van der Waals surface area contributed by atoms with Gasteiger partial charge in [0.05, 0.1) is 0 Å². The van der Waals surface area contributed by atoms with Crippen LogP contribution in [0.5, 0.6) is 0 Å². The highest BCUT2D eigenvalue weighted by atomic mass is 15.3. The van der Waals surface area contributed by atoms with Gasteiger partial charge in [0, 0.05) is 56.0 Å². The van der Waals surface area contributed by atoms with Crippen molar-refractivity contribution in [3.05, 3.63) is 30.3 Å². The number of aromatic nitrogens is 4. The second-order valence-corrected chi connectivity index (χ2v) is 8.94. The third-order valence-electron chi connectivity index (χ3n) is 5.98. The van der Waals surface area contributed by atoms with Crippen molar-refractivity contribution in [1.29, 1.82) is 0 Å². The van der Waals surface area contributed by atoms with E-state index in [1.54, 1.807) is 0 Å². The second-order valence-electron chi connectivity index (χ2n) is 8.94. The van der Waals surface area contributed by atoms with Crippen LogP contribution in [-0.2, 0) is 0 Å². The number of piperidine rings is 2. The number of nitrogens with zero attached hydrogens (tertiary/aromatic N) is 5. The highest BCUT2D eigenvalue weighted by Crippen LogP contribution is 2.29. The molecule has 2 aromatic heterocycles. The van der Waals surface area contributed by atoms with Crippen LogP contribution in [0, 0.1) is 0 Å². The van der Waals surface area contributed by atoms with Crippen LogP contribution in [0.2, 0.25) is 0 Å². The topological polar surface area (TPSA) is 177 Å². The van der Waals surface area contributed by atoms with Crippen LogP contribution in [0.15, 0.2) is 30.3 Å². The van der Waals surface area contributed by atoms with Crippen molar-refractivity contribution in [3.63, 3.8) is 0 Å². The summed E-state index contributed by atoms with van der Waals surface area (Å²) >= 11 is 0. The molecule has 1 aromatic carbocycles. The van der Waals surface area contributed by atoms with Gasteiger partial charge in [-0.1, -0.05) is 18.2 Å². The fourth-order valence-electron chi connectivity index (χ4n) is 4.61. The average Bonchev–Trinajstić information content (AvgIpc) is 3.18. The number of nitrogens with one attached hydrogen (secondary N) is 2. The third-order valence-corrected chi connectivity index (χ3v) is 5.98. The van der Waals surface area contributed by atoms with Crippen LogP contribution in [0.25, 0.3) is 11.2 Å². The predicted molar refractivity (Wildman–Crippen MR) is 127 cm³/mol. The molecule has 0 spiro atoms. The smallest absolute Gasteiger partial charge is 0.229 e. The van der Waals surface area contributed by atoms with Gasteiger partial charge in [0.2, 0.25) is 11.9 Å². The summed E-state index contributed by atoms with van der Waals surface area (Å²) in [6.45, 7) is 2.67. The van der Waals surface area contributed by atoms with Crippen molar-refractivity contribution in [2.24, 2.45) is 22.9 Å². The number of fused-ring (bicyclic) bond motifs is 1. The number of benzene rings is 1. The Bertz CT molecular complexity index is 1050. The summed E-state index contributed by atoms with van der Waals surface area (Å²) in [5.41, 5.74) is 27.0. The molecule has 170 valence electrons. The highest BCUT2D eigenvalue weighted by molar-refractivity contribution is 5.88. The van der Waals surface area contributed by atoms with Gasteiger partial charge in [-0.3, -0.25) is 0 Å². The molecule has 0 aliphatic carbocycles. The molecule has 11 nitrogen and oxygen atoms in total. The maximum atomic E-state index is 6.21. The zero-order valence-electron chi connectivity index (χ0n) is 18.0. The van der Waals surface area contributed by atoms with Crippen molar-refractivity contribution in [3.8, 4) is 0 Å². The van der Waals surface area contributed by atoms with Crippen LogP contribution in [0.3, 0.4) is 0 Å². The second kappa shape index (κ2) is 8.51. The molecular formula is C21H31N11. The fraction of sp³-hybridized carbons (Fsp3) is 0.476. The fourth-order valence-corrected chi connectivity index (χ4v) is 4.61. The zero-order chi connectivity index (χ0) is 22.2. The molecule has 3 aromatic rings. The first-order chi connectivity index (χ1) is 15.4. The van der Waals surface area contributed by atoms with E-state index in [-0.39, 0.29) is 24.2 Å². The number of para-hydroxylation sites is 1. The Morgan fingerprint density at radius 1 is 0.781 bits per heavy atom. The number of H-pyrrole nitrogens is 1. The van der Waals surface area contributed by atoms with Gasteiger partial charge in [-0.15, -0.1) is 0 Å². The molecule has 4 heterocycles. The van der Waals surface area contributed by atoms with Crippen molar-refractivity contribution in [1.82, 2.24) is 19.9 Å². The van der Waals surface area contributed by atoms with E-state index in [1.807, 2.05) is 35.2 Å². The Morgan fingerprint density at radius 3 is 2.00 bits per heavy atom. The van der Waals surface area contributed by atoms with Crippen LogP contribution in [0.1, 0.15) is 12.8 Å². The van der Waals surface area contributed by atoms with Crippen molar-refractivity contribution >= 4 is 34.6 Å². The van der Waals surface area contributed by atoms with E-state index >= 15 is 0 Å². The number of hydrogen-bond donors (Lipinski definition) is 6. The van der Waals surface area contributed by atoms with Gasteiger partial charge in [0.15, 0.2) is 11.5 Å². The Labute approximate surface area is 186 Å². The molecule has 4 atom stereocenters. The van der Waals surface area contributed by atoms with Crippen molar-refractivity contribution < 1.29 is 0 Å². The van der Waals surface area contributed by atoms with Gasteiger partial charge in [0.25, 0.3) is 0 Å². The molecule has 0 saturated carbocycles. The monoisotopic (exact) mass is 437 g/mol. The molecule has 4 unspecified atom stereocenters. The Kier molecular flexibility index (Phi) is 5.55. The van der Waals surface area contributed by atoms with E-state index in [4.69, 9.17) is 37.9 Å². The zero-order valence-corrected chi connectivity index (χ0v) is 18.0. The van der Waals surface area contributed by atoms with Crippen molar-refractivity contribution in [2.45, 2.75) is 37.0 Å². The van der Waals surface area contributed by atoms with Crippen LogP contribution < -0.4 is 38.1 Å². The van der Waals surface area contributed by atoms with Gasteiger partial charge in [-0.05, 0) is 25.0 Å². The molecule has 0 radical (unpaired) electrons. The molecule has 11 heteroatoms. The Hall–Kier alpha value is -2.99. The normalized spacial score (nSPS) is 26.5. The van der Waals surface area contributed by atoms with Crippen LogP contribution >= 0.6 is 0 Å². The van der Waals surface area contributed by atoms with Crippen molar-refractivity contribution in [2.75, 3.05) is 41.3 Å². The highest BCUT2D eigenvalue weighted by Gasteiger charge is 2.28. The standard InChI is InChI=1S/C21H31N11/c22-12-6-13(23)9-31(8-12)20-27-17-18(26-16-4-2-1-3-5-16)28-21(30-19(17)29-20)32-10-14(24)7-15(25)11-32/h1-5,12-15H,6-11,22-25H2,(H2,26,27,28,29,30). The minimum atomic E-state index is -0.0188. The summed E-state index contributed by atoms with van der Waals surface area (Å²) < 4.78 is 0. The summed E-state index contributed by atoms with van der Waals surface area (Å²) in [5.74, 6) is 1.90. The van der Waals surface area contributed by atoms with E-state index in [0.717, 1.165) is 24.0 Å². The number of imidazole rings is 1. The molecule has 32 heavy (non-hydrogen) atoms. The van der Waals surface area contributed by atoms with Gasteiger partial charge in [0.1, 0.15) is 5.52 Å². The van der Waals surface area contributed by atoms with E-state index in [9.17, 15) is 0 Å². The lowest BCUT2D eigenvalue weighted by Gasteiger charge is -2.34. The predicted octanol–water partition coefficient (Wildman–Crippen LogP) is -0.174. The minimum Gasteiger partial charge on any atom is -0.339 e. The molecule has 10 N–H and O–H groups in total. The minimum absolute atomic E-state index is 0.00634. The molecule has 5 rings (SSSR count). The van der Waals surface area contributed by atoms with Gasteiger partial charge < -0.3 is 43.0 Å². The number of nitrogens with two attached hydrogens (primary N) is 4. The number of anilines is 4. The van der Waals surface area contributed by atoms with Crippen LogP contribution in [-0.4, -0.2) is 70.3 Å². The van der Waals surface area contributed by atoms with E-state index in [0.29, 0.717) is 49.5 Å². The molecule has 0 bridgehead atoms. The average molecular weight is 438 g/mol. The third kappa shape index (κ3) is 4.32. The molecular weight excluding hydrogens is 406 g/mol. The Morgan fingerprint density at radius 2 is 1.38 bits per heavy atom. The quantitative estimate of drug-likeness (QED) is 0.321. The summed E-state index contributed by atoms with van der Waals surface area (Å²) in [6.07, 6.45) is 1.59. The summed E-state index contributed by atoms with van der Waals surface area (Å²) in [6, 6.07) is 9.86. The van der Waals surface area contributed by atoms with Gasteiger partial charge in [-0.25, -0.2) is 0 Å². The summed E-state index contributed by atoms with van der Waals surface area (Å²) in [4.78, 5) is 21.9. The maximum Gasteiger partial charge on any atom is 0.229 e. The van der Waals surface area contributed by atoms with Gasteiger partial charge >= 0.3 is 0 Å². The van der Waals surface area contributed by atoms with E-state index in [2.05, 4.69) is 15.2 Å².